The van der Waals surface area contributed by atoms with Crippen molar-refractivity contribution in [3.63, 3.8) is 0 Å². The van der Waals surface area contributed by atoms with E-state index in [1.165, 1.54) is 13.2 Å². The van der Waals surface area contributed by atoms with E-state index in [1.54, 1.807) is 24.4 Å². The molecule has 2 bridgehead atoms. The number of pyridine rings is 1. The van der Waals surface area contributed by atoms with Crippen LogP contribution in [0.2, 0.25) is 5.02 Å². The van der Waals surface area contributed by atoms with Crippen molar-refractivity contribution in [2.45, 2.75) is 24.9 Å². The fourth-order valence-corrected chi connectivity index (χ4v) is 5.35. The van der Waals surface area contributed by atoms with Gasteiger partial charge in [0, 0.05) is 47.3 Å². The van der Waals surface area contributed by atoms with Crippen molar-refractivity contribution >= 4 is 51.5 Å². The number of aromatic nitrogens is 3. The largest absolute Gasteiger partial charge is 0.508 e. The Morgan fingerprint density at radius 3 is 2.68 bits per heavy atom. The molecule has 4 heterocycles. The van der Waals surface area contributed by atoms with Crippen molar-refractivity contribution in [1.29, 1.82) is 0 Å². The number of phenols is 1. The van der Waals surface area contributed by atoms with Gasteiger partial charge >= 0.3 is 6.01 Å². The number of anilines is 1. The molecular weight excluding hydrogens is 480 g/mol. The number of rotatable bonds is 3. The molecule has 2 aromatic carbocycles. The van der Waals surface area contributed by atoms with Gasteiger partial charge in [-0.15, -0.1) is 12.4 Å². The monoisotopic (exact) mass is 501 g/mol. The van der Waals surface area contributed by atoms with Crippen LogP contribution in [0.4, 0.5) is 10.2 Å². The van der Waals surface area contributed by atoms with Crippen LogP contribution in [0.3, 0.4) is 0 Å². The van der Waals surface area contributed by atoms with Crippen molar-refractivity contribution < 1.29 is 14.2 Å². The zero-order valence-corrected chi connectivity index (χ0v) is 19.8. The Labute approximate surface area is 206 Å². The summed E-state index contributed by atoms with van der Waals surface area (Å²) >= 11 is 6.45. The lowest BCUT2D eigenvalue weighted by atomic mass is 10.00. The van der Waals surface area contributed by atoms with Gasteiger partial charge in [0.25, 0.3) is 0 Å². The minimum Gasteiger partial charge on any atom is -0.508 e. The third-order valence-corrected chi connectivity index (χ3v) is 6.82. The summed E-state index contributed by atoms with van der Waals surface area (Å²) in [6, 6.07) is 9.25. The second-order valence-corrected chi connectivity index (χ2v) is 9.00. The molecule has 0 unspecified atom stereocenters. The highest BCUT2D eigenvalue weighted by Crippen LogP contribution is 2.39. The van der Waals surface area contributed by atoms with Gasteiger partial charge in [0.05, 0.1) is 12.5 Å². The molecule has 0 aliphatic carbocycles. The van der Waals surface area contributed by atoms with Crippen LogP contribution in [-0.2, 0) is 0 Å². The van der Waals surface area contributed by atoms with Crippen LogP contribution in [0.5, 0.6) is 11.8 Å². The number of nitrogens with zero attached hydrogens (tertiary/aromatic N) is 4. The minimum atomic E-state index is -0.612. The van der Waals surface area contributed by atoms with Gasteiger partial charge < -0.3 is 20.1 Å². The van der Waals surface area contributed by atoms with E-state index in [9.17, 15) is 5.11 Å². The van der Waals surface area contributed by atoms with Crippen molar-refractivity contribution in [1.82, 2.24) is 20.3 Å². The Balaban J connectivity index is 0.00000241. The zero-order valence-electron chi connectivity index (χ0n) is 18.3. The topological polar surface area (TPSA) is 83.4 Å². The first-order valence-corrected chi connectivity index (χ1v) is 11.2. The fraction of sp³-hybridized carbons (Fsp3) is 0.292. The summed E-state index contributed by atoms with van der Waals surface area (Å²) in [5, 5.41) is 16.1. The summed E-state index contributed by atoms with van der Waals surface area (Å²) < 4.78 is 21.3. The van der Waals surface area contributed by atoms with Crippen LogP contribution in [0.25, 0.3) is 32.9 Å². The Hall–Kier alpha value is -2.94. The first-order chi connectivity index (χ1) is 16.0. The maximum Gasteiger partial charge on any atom is 0.318 e. The first kappa shape index (κ1) is 22.8. The van der Waals surface area contributed by atoms with Crippen LogP contribution in [-0.4, -0.2) is 52.3 Å². The Kier molecular flexibility index (Phi) is 5.83. The molecule has 7 nitrogen and oxygen atoms in total. The molecule has 2 fully saturated rings. The SMILES string of the molecule is COc1nc(N2C[C@H]3CC[C@@H](C2)N3)c2cnc(-c3cc(O)cc4cccc(Cl)c34)c(F)c2n1.Cl. The molecule has 2 atom stereocenters. The summed E-state index contributed by atoms with van der Waals surface area (Å²) in [6.45, 7) is 1.56. The molecule has 176 valence electrons. The molecule has 2 saturated heterocycles. The van der Waals surface area contributed by atoms with Crippen LogP contribution in [0.15, 0.2) is 36.5 Å². The van der Waals surface area contributed by atoms with Gasteiger partial charge in [-0.05, 0) is 36.4 Å². The number of hydrogen-bond donors (Lipinski definition) is 2. The van der Waals surface area contributed by atoms with E-state index < -0.39 is 5.82 Å². The molecule has 6 rings (SSSR count). The molecule has 2 N–H and O–H groups in total. The molecule has 2 aliphatic rings. The van der Waals surface area contributed by atoms with E-state index in [1.807, 2.05) is 6.07 Å². The van der Waals surface area contributed by atoms with Crippen molar-refractivity contribution in [2.24, 2.45) is 0 Å². The molecule has 4 aromatic rings. The molecule has 10 heteroatoms. The fourth-order valence-electron chi connectivity index (χ4n) is 5.06. The molecular formula is C24H22Cl2FN5O2. The number of fused-ring (bicyclic) bond motifs is 4. The number of halogens is 3. The number of benzene rings is 2. The highest BCUT2D eigenvalue weighted by atomic mass is 35.5. The van der Waals surface area contributed by atoms with Crippen LogP contribution < -0.4 is 15.0 Å². The quantitative estimate of drug-likeness (QED) is 0.420. The Morgan fingerprint density at radius 1 is 1.18 bits per heavy atom. The van der Waals surface area contributed by atoms with Crippen LogP contribution >= 0.6 is 24.0 Å². The number of aromatic hydroxyl groups is 1. The summed E-state index contributed by atoms with van der Waals surface area (Å²) in [7, 11) is 1.47. The lowest BCUT2D eigenvalue weighted by Crippen LogP contribution is -2.51. The van der Waals surface area contributed by atoms with Crippen molar-refractivity contribution in [3.05, 3.63) is 47.4 Å². The van der Waals surface area contributed by atoms with Gasteiger partial charge in [0.2, 0.25) is 0 Å². The lowest BCUT2D eigenvalue weighted by Gasteiger charge is -2.34. The van der Waals surface area contributed by atoms with E-state index in [4.69, 9.17) is 16.3 Å². The molecule has 2 aromatic heterocycles. The number of piperazine rings is 1. The smallest absolute Gasteiger partial charge is 0.318 e. The Bertz CT molecular complexity index is 1410. The maximum atomic E-state index is 16.0. The number of ether oxygens (including phenoxy) is 1. The van der Waals surface area contributed by atoms with E-state index in [0.717, 1.165) is 25.9 Å². The van der Waals surface area contributed by atoms with Crippen molar-refractivity contribution in [2.75, 3.05) is 25.1 Å². The van der Waals surface area contributed by atoms with E-state index in [2.05, 4.69) is 25.2 Å². The standard InChI is InChI=1S/C24H21ClFN5O2.ClH/c1-33-24-29-22-17(23(30-24)31-10-13-5-6-14(11-31)28-13)9-27-21(20(22)26)16-8-15(32)7-12-3-2-4-18(25)19(12)16;/h2-4,7-9,13-14,28,32H,5-6,10-11H2,1H3;1H/t13-,14+;. The van der Waals surface area contributed by atoms with Gasteiger partial charge in [-0.25, -0.2) is 4.39 Å². The predicted molar refractivity (Wildman–Crippen MR) is 133 cm³/mol. The van der Waals surface area contributed by atoms with Crippen molar-refractivity contribution in [3.8, 4) is 23.0 Å². The van der Waals surface area contributed by atoms with Gasteiger partial charge in [0.15, 0.2) is 5.82 Å². The Morgan fingerprint density at radius 2 is 1.94 bits per heavy atom. The van der Waals surface area contributed by atoms with Gasteiger partial charge in [-0.3, -0.25) is 4.98 Å². The number of nitrogens with one attached hydrogen (secondary N) is 1. The third kappa shape index (κ3) is 3.66. The zero-order chi connectivity index (χ0) is 22.7. The highest BCUT2D eigenvalue weighted by Gasteiger charge is 2.34. The number of phenolic OH excluding ortho intramolecular Hbond substituents is 1. The van der Waals surface area contributed by atoms with E-state index >= 15 is 4.39 Å². The van der Waals surface area contributed by atoms with Gasteiger partial charge in [0.1, 0.15) is 22.8 Å². The number of hydrogen-bond acceptors (Lipinski definition) is 7. The van der Waals surface area contributed by atoms with Crippen LogP contribution in [0.1, 0.15) is 12.8 Å². The van der Waals surface area contributed by atoms with Gasteiger partial charge in [-0.1, -0.05) is 23.7 Å². The summed E-state index contributed by atoms with van der Waals surface area (Å²) in [5.41, 5.74) is 0.578. The minimum absolute atomic E-state index is 0. The maximum absolute atomic E-state index is 16.0. The molecule has 0 spiro atoms. The normalized spacial score (nSPS) is 19.4. The summed E-state index contributed by atoms with van der Waals surface area (Å²) in [6.07, 6.45) is 3.83. The van der Waals surface area contributed by atoms with E-state index in [-0.39, 0.29) is 35.4 Å². The van der Waals surface area contributed by atoms with Gasteiger partial charge in [-0.2, -0.15) is 9.97 Å². The molecule has 0 amide bonds. The highest BCUT2D eigenvalue weighted by molar-refractivity contribution is 6.36. The van der Waals surface area contributed by atoms with Crippen LogP contribution in [0, 0.1) is 5.82 Å². The lowest BCUT2D eigenvalue weighted by molar-refractivity contribution is 0.380. The molecule has 34 heavy (non-hydrogen) atoms. The summed E-state index contributed by atoms with van der Waals surface area (Å²) in [4.78, 5) is 15.5. The second-order valence-electron chi connectivity index (χ2n) is 8.59. The average Bonchev–Trinajstić information content (AvgIpc) is 3.15. The summed E-state index contributed by atoms with van der Waals surface area (Å²) in [5.74, 6) is 0.00434. The molecule has 0 saturated carbocycles. The first-order valence-electron chi connectivity index (χ1n) is 10.8. The third-order valence-electron chi connectivity index (χ3n) is 6.51. The molecule has 0 radical (unpaired) electrons. The number of methoxy groups -OCH3 is 1. The second kappa shape index (κ2) is 8.69. The predicted octanol–water partition coefficient (Wildman–Crippen LogP) is 4.71. The molecule has 2 aliphatic heterocycles. The van der Waals surface area contributed by atoms with E-state index in [0.29, 0.717) is 44.6 Å². The average molecular weight is 502 g/mol.